The summed E-state index contributed by atoms with van der Waals surface area (Å²) in [6.45, 7) is 5.06. The van der Waals surface area contributed by atoms with Gasteiger partial charge in [-0.25, -0.2) is 13.2 Å². The monoisotopic (exact) mass is 344 g/mol. The van der Waals surface area contributed by atoms with Crippen molar-refractivity contribution in [2.75, 3.05) is 26.3 Å². The van der Waals surface area contributed by atoms with E-state index in [1.54, 1.807) is 18.7 Å². The number of hydrogen-bond acceptors (Lipinski definition) is 3. The first-order valence-corrected chi connectivity index (χ1v) is 7.63. The fourth-order valence-electron chi connectivity index (χ4n) is 2.41. The van der Waals surface area contributed by atoms with Crippen LogP contribution in [-0.4, -0.2) is 49.1 Å². The lowest BCUT2D eigenvalue weighted by Gasteiger charge is -2.32. The smallest absolute Gasteiger partial charge is 0.255 e. The molecule has 1 aromatic carbocycles. The Morgan fingerprint density at radius 1 is 1.12 bits per heavy atom. The highest BCUT2D eigenvalue weighted by atomic mass is 19.2. The van der Waals surface area contributed by atoms with Crippen molar-refractivity contribution in [3.63, 3.8) is 0 Å². The van der Waals surface area contributed by atoms with E-state index in [2.05, 4.69) is 5.32 Å². The van der Waals surface area contributed by atoms with Crippen LogP contribution in [0.5, 0.6) is 0 Å². The lowest BCUT2D eigenvalue weighted by Crippen LogP contribution is -2.53. The van der Waals surface area contributed by atoms with Gasteiger partial charge in [0.25, 0.3) is 5.91 Å². The molecule has 5 nitrogen and oxygen atoms in total. The van der Waals surface area contributed by atoms with Gasteiger partial charge in [0.05, 0.1) is 18.8 Å². The summed E-state index contributed by atoms with van der Waals surface area (Å²) in [5, 5.41) is 2.42. The maximum absolute atomic E-state index is 13.7. The number of nitrogens with zero attached hydrogens (tertiary/aromatic N) is 1. The topological polar surface area (TPSA) is 58.6 Å². The van der Waals surface area contributed by atoms with Crippen molar-refractivity contribution in [1.82, 2.24) is 10.2 Å². The zero-order chi connectivity index (χ0) is 17.9. The minimum atomic E-state index is -1.72. The molecule has 0 saturated carbocycles. The SMILES string of the molecule is CC(C)[C@@H](NC(=O)c1ccc(F)c(F)c1F)C(=O)N1CCOCC1. The summed E-state index contributed by atoms with van der Waals surface area (Å²) in [5.41, 5.74) is -0.644. The number of halogens is 3. The molecular formula is C16H19F3N2O3. The number of benzene rings is 1. The molecule has 24 heavy (non-hydrogen) atoms. The van der Waals surface area contributed by atoms with Crippen molar-refractivity contribution in [3.8, 4) is 0 Å². The quantitative estimate of drug-likeness (QED) is 0.846. The first-order valence-electron chi connectivity index (χ1n) is 7.63. The Bertz CT molecular complexity index is 631. The molecule has 1 fully saturated rings. The fraction of sp³-hybridized carbons (Fsp3) is 0.500. The molecule has 1 aliphatic heterocycles. The molecule has 1 aliphatic rings. The number of ether oxygens (including phenoxy) is 1. The summed E-state index contributed by atoms with van der Waals surface area (Å²) in [5.74, 6) is -6.22. The second kappa shape index (κ2) is 7.65. The highest BCUT2D eigenvalue weighted by Gasteiger charge is 2.31. The van der Waals surface area contributed by atoms with E-state index >= 15 is 0 Å². The molecule has 0 spiro atoms. The lowest BCUT2D eigenvalue weighted by molar-refractivity contribution is -0.138. The molecule has 1 saturated heterocycles. The molecule has 1 atom stereocenters. The van der Waals surface area contributed by atoms with Gasteiger partial charge in [-0.2, -0.15) is 0 Å². The van der Waals surface area contributed by atoms with Crippen molar-refractivity contribution >= 4 is 11.8 Å². The predicted octanol–water partition coefficient (Wildman–Crippen LogP) is 1.72. The summed E-state index contributed by atoms with van der Waals surface area (Å²) >= 11 is 0. The van der Waals surface area contributed by atoms with Crippen LogP contribution in [0.1, 0.15) is 24.2 Å². The van der Waals surface area contributed by atoms with E-state index in [1.165, 1.54) is 0 Å². The van der Waals surface area contributed by atoms with Crippen molar-refractivity contribution in [2.45, 2.75) is 19.9 Å². The number of morpholine rings is 1. The molecule has 0 aliphatic carbocycles. The molecule has 2 rings (SSSR count). The number of rotatable bonds is 4. The molecule has 0 radical (unpaired) electrons. The molecule has 1 N–H and O–H groups in total. The van der Waals surface area contributed by atoms with Gasteiger partial charge in [0.15, 0.2) is 17.5 Å². The number of hydrogen-bond donors (Lipinski definition) is 1. The van der Waals surface area contributed by atoms with Gasteiger partial charge in [0.2, 0.25) is 5.91 Å². The molecule has 0 bridgehead atoms. The predicted molar refractivity (Wildman–Crippen MR) is 79.8 cm³/mol. The molecule has 2 amide bonds. The highest BCUT2D eigenvalue weighted by Crippen LogP contribution is 2.16. The van der Waals surface area contributed by atoms with Crippen molar-refractivity contribution < 1.29 is 27.5 Å². The summed E-state index contributed by atoms with van der Waals surface area (Å²) in [4.78, 5) is 26.3. The normalized spacial score (nSPS) is 16.2. The van der Waals surface area contributed by atoms with Gasteiger partial charge in [-0.05, 0) is 18.1 Å². The van der Waals surface area contributed by atoms with Crippen LogP contribution in [0.15, 0.2) is 12.1 Å². The summed E-state index contributed by atoms with van der Waals surface area (Å²) in [7, 11) is 0. The summed E-state index contributed by atoms with van der Waals surface area (Å²) in [6.07, 6.45) is 0. The van der Waals surface area contributed by atoms with Gasteiger partial charge in [0, 0.05) is 13.1 Å². The van der Waals surface area contributed by atoms with Crippen LogP contribution in [0.25, 0.3) is 0 Å². The molecule has 0 aromatic heterocycles. The second-order valence-corrected chi connectivity index (χ2v) is 5.86. The average Bonchev–Trinajstić information content (AvgIpc) is 2.57. The van der Waals surface area contributed by atoms with Crippen LogP contribution in [-0.2, 0) is 9.53 Å². The largest absolute Gasteiger partial charge is 0.378 e. The van der Waals surface area contributed by atoms with Gasteiger partial charge >= 0.3 is 0 Å². The minimum absolute atomic E-state index is 0.266. The maximum atomic E-state index is 13.7. The number of nitrogens with one attached hydrogen (secondary N) is 1. The van der Waals surface area contributed by atoms with Crippen LogP contribution < -0.4 is 5.32 Å². The number of carbonyl (C=O) groups is 2. The zero-order valence-electron chi connectivity index (χ0n) is 13.4. The van der Waals surface area contributed by atoms with E-state index in [-0.39, 0.29) is 11.8 Å². The van der Waals surface area contributed by atoms with Crippen LogP contribution >= 0.6 is 0 Å². The van der Waals surface area contributed by atoms with Gasteiger partial charge in [0.1, 0.15) is 6.04 Å². The van der Waals surface area contributed by atoms with E-state index in [9.17, 15) is 22.8 Å². The minimum Gasteiger partial charge on any atom is -0.378 e. The third kappa shape index (κ3) is 3.87. The van der Waals surface area contributed by atoms with Gasteiger partial charge in [-0.3, -0.25) is 9.59 Å². The molecule has 0 unspecified atom stereocenters. The molecule has 1 heterocycles. The second-order valence-electron chi connectivity index (χ2n) is 5.86. The van der Waals surface area contributed by atoms with Crippen LogP contribution in [0.2, 0.25) is 0 Å². The van der Waals surface area contributed by atoms with Crippen LogP contribution in [0.4, 0.5) is 13.2 Å². The maximum Gasteiger partial charge on any atom is 0.255 e. The molecule has 1 aromatic rings. The van der Waals surface area contributed by atoms with Crippen molar-refractivity contribution in [1.29, 1.82) is 0 Å². The van der Waals surface area contributed by atoms with Crippen LogP contribution in [0, 0.1) is 23.4 Å². The first kappa shape index (κ1) is 18.3. The first-order chi connectivity index (χ1) is 11.3. The molecule has 132 valence electrons. The van der Waals surface area contributed by atoms with Crippen molar-refractivity contribution in [3.05, 3.63) is 35.1 Å². The number of carbonyl (C=O) groups excluding carboxylic acids is 2. The third-order valence-corrected chi connectivity index (χ3v) is 3.82. The Balaban J connectivity index is 2.17. The van der Waals surface area contributed by atoms with Gasteiger partial charge in [-0.15, -0.1) is 0 Å². The Hall–Kier alpha value is -2.09. The zero-order valence-corrected chi connectivity index (χ0v) is 13.4. The van der Waals surface area contributed by atoms with E-state index in [0.717, 1.165) is 6.07 Å². The van der Waals surface area contributed by atoms with E-state index in [4.69, 9.17) is 4.74 Å². The van der Waals surface area contributed by atoms with E-state index in [0.29, 0.717) is 32.4 Å². The Morgan fingerprint density at radius 3 is 2.33 bits per heavy atom. The Morgan fingerprint density at radius 2 is 1.75 bits per heavy atom. The fourth-order valence-corrected chi connectivity index (χ4v) is 2.41. The lowest BCUT2D eigenvalue weighted by atomic mass is 10.0. The van der Waals surface area contributed by atoms with E-state index < -0.39 is 35.0 Å². The number of amides is 2. The van der Waals surface area contributed by atoms with Crippen molar-refractivity contribution in [2.24, 2.45) is 5.92 Å². The Labute approximate surface area is 137 Å². The highest BCUT2D eigenvalue weighted by molar-refractivity contribution is 5.97. The standard InChI is InChI=1S/C16H19F3N2O3/c1-9(2)14(16(23)21-5-7-24-8-6-21)20-15(22)10-3-4-11(17)13(19)12(10)18/h3-4,9,14H,5-8H2,1-2H3,(H,20,22)/t14-/m1/s1. The van der Waals surface area contributed by atoms with Gasteiger partial charge < -0.3 is 15.0 Å². The van der Waals surface area contributed by atoms with Gasteiger partial charge in [-0.1, -0.05) is 13.8 Å². The average molecular weight is 344 g/mol. The Kier molecular flexibility index (Phi) is 5.82. The molecular weight excluding hydrogens is 325 g/mol. The third-order valence-electron chi connectivity index (χ3n) is 3.82. The van der Waals surface area contributed by atoms with E-state index in [1.807, 2.05) is 0 Å². The molecule has 8 heteroatoms. The van der Waals surface area contributed by atoms with Crippen LogP contribution in [0.3, 0.4) is 0 Å². The summed E-state index contributed by atoms with van der Waals surface area (Å²) in [6, 6.07) is 0.615. The summed E-state index contributed by atoms with van der Waals surface area (Å²) < 4.78 is 45.1.